The Morgan fingerprint density at radius 1 is 0.700 bits per heavy atom. The second-order valence-corrected chi connectivity index (χ2v) is 12.4. The standard InChI is InChI=1S/C20H13ClFN5S.C16H10ClFN4/c21-16-8-14(1-3-17(16)22)27-20-12(9-23)10-26-18-4-2-13(7-15(18)20)25-11-19-24-5-6-28-19;17-13-6-11(2-3-14(13)18)22-16-9(7-19)8-21-15-4-1-10(20)5-12(15)16/h1-8,10,25H,11H2,(H,26,27);1-6,8H,20H2,(H,21,22). The van der Waals surface area contributed by atoms with Gasteiger partial charge in [0.2, 0.25) is 0 Å². The summed E-state index contributed by atoms with van der Waals surface area (Å²) in [5.74, 6) is -1.00. The molecule has 0 radical (unpaired) electrons. The fourth-order valence-electron chi connectivity index (χ4n) is 4.91. The van der Waals surface area contributed by atoms with Crippen LogP contribution < -0.4 is 21.7 Å². The summed E-state index contributed by atoms with van der Waals surface area (Å²) in [6.07, 6.45) is 4.76. The normalized spacial score (nSPS) is 10.5. The van der Waals surface area contributed by atoms with Crippen LogP contribution in [-0.2, 0) is 6.54 Å². The number of hydrogen-bond donors (Lipinski definition) is 4. The molecule has 9 nitrogen and oxygen atoms in total. The quantitative estimate of drug-likeness (QED) is 0.118. The largest absolute Gasteiger partial charge is 0.399 e. The van der Waals surface area contributed by atoms with E-state index in [1.54, 1.807) is 47.9 Å². The van der Waals surface area contributed by atoms with E-state index in [1.807, 2.05) is 23.6 Å². The molecule has 0 atom stereocenters. The summed E-state index contributed by atoms with van der Waals surface area (Å²) in [7, 11) is 0. The van der Waals surface area contributed by atoms with E-state index in [9.17, 15) is 19.3 Å². The van der Waals surface area contributed by atoms with Crippen molar-refractivity contribution in [3.8, 4) is 12.1 Å². The monoisotopic (exact) mass is 721 g/mol. The SMILES string of the molecule is N#Cc1cnc2ccc(N)cc2c1Nc1ccc(F)c(Cl)c1.N#Cc1cnc2ccc(NCc3nccs3)cc2c1Nc1ccc(F)c(Cl)c1. The fourth-order valence-corrected chi connectivity index (χ4v) is 5.82. The van der Waals surface area contributed by atoms with Crippen molar-refractivity contribution in [3.63, 3.8) is 0 Å². The maximum atomic E-state index is 13.5. The van der Waals surface area contributed by atoms with Crippen LogP contribution in [0.15, 0.2) is 96.8 Å². The van der Waals surface area contributed by atoms with Crippen molar-refractivity contribution in [2.24, 2.45) is 0 Å². The van der Waals surface area contributed by atoms with Crippen LogP contribution in [0.3, 0.4) is 0 Å². The molecule has 0 bridgehead atoms. The van der Waals surface area contributed by atoms with E-state index in [0.717, 1.165) is 21.6 Å². The lowest BCUT2D eigenvalue weighted by atomic mass is 10.1. The Morgan fingerprint density at radius 3 is 1.76 bits per heavy atom. The molecule has 3 aromatic heterocycles. The highest BCUT2D eigenvalue weighted by atomic mass is 35.5. The smallest absolute Gasteiger partial charge is 0.141 e. The van der Waals surface area contributed by atoms with Gasteiger partial charge in [0.1, 0.15) is 28.8 Å². The average molecular weight is 723 g/mol. The van der Waals surface area contributed by atoms with Crippen molar-refractivity contribution in [1.82, 2.24) is 15.0 Å². The summed E-state index contributed by atoms with van der Waals surface area (Å²) in [5.41, 5.74) is 11.7. The number of pyridine rings is 2. The van der Waals surface area contributed by atoms with Gasteiger partial charge in [-0.1, -0.05) is 23.2 Å². The van der Waals surface area contributed by atoms with Crippen LogP contribution in [-0.4, -0.2) is 15.0 Å². The molecule has 50 heavy (non-hydrogen) atoms. The first kappa shape index (κ1) is 33.8. The van der Waals surface area contributed by atoms with E-state index in [-0.39, 0.29) is 10.0 Å². The van der Waals surface area contributed by atoms with Crippen molar-refractivity contribution in [2.75, 3.05) is 21.7 Å². The Morgan fingerprint density at radius 2 is 1.24 bits per heavy atom. The topological polar surface area (TPSA) is 148 Å². The number of benzene rings is 4. The molecule has 246 valence electrons. The number of aromatic nitrogens is 3. The van der Waals surface area contributed by atoms with Crippen molar-refractivity contribution in [1.29, 1.82) is 10.5 Å². The second kappa shape index (κ2) is 15.0. The molecule has 5 N–H and O–H groups in total. The van der Waals surface area contributed by atoms with Gasteiger partial charge in [-0.3, -0.25) is 9.97 Å². The molecule has 0 aliphatic rings. The molecule has 14 heteroatoms. The lowest BCUT2D eigenvalue weighted by Gasteiger charge is -2.13. The van der Waals surface area contributed by atoms with Crippen molar-refractivity contribution in [2.45, 2.75) is 6.54 Å². The number of hydrogen-bond acceptors (Lipinski definition) is 10. The highest BCUT2D eigenvalue weighted by Gasteiger charge is 2.13. The van der Waals surface area contributed by atoms with E-state index in [4.69, 9.17) is 28.9 Å². The second-order valence-electron chi connectivity index (χ2n) is 10.6. The lowest BCUT2D eigenvalue weighted by Crippen LogP contribution is -2.00. The summed E-state index contributed by atoms with van der Waals surface area (Å²) < 4.78 is 26.7. The Kier molecular flexibility index (Phi) is 10.2. The summed E-state index contributed by atoms with van der Waals surface area (Å²) in [6.45, 7) is 0.602. The maximum absolute atomic E-state index is 13.5. The van der Waals surface area contributed by atoms with E-state index in [2.05, 4.69) is 43.0 Å². The predicted molar refractivity (Wildman–Crippen MR) is 196 cm³/mol. The zero-order valence-corrected chi connectivity index (χ0v) is 28.0. The Balaban J connectivity index is 0.000000178. The molecule has 0 unspecified atom stereocenters. The Bertz CT molecular complexity index is 2450. The number of nitriles is 2. The highest BCUT2D eigenvalue weighted by Crippen LogP contribution is 2.33. The van der Waals surface area contributed by atoms with Gasteiger partial charge >= 0.3 is 0 Å². The highest BCUT2D eigenvalue weighted by molar-refractivity contribution is 7.09. The van der Waals surface area contributed by atoms with Crippen LogP contribution in [0.25, 0.3) is 21.8 Å². The molecule has 7 aromatic rings. The first-order chi connectivity index (χ1) is 24.2. The minimum atomic E-state index is -0.503. The summed E-state index contributed by atoms with van der Waals surface area (Å²) in [6, 6.07) is 23.8. The van der Waals surface area contributed by atoms with Gasteiger partial charge in [-0.25, -0.2) is 13.8 Å². The number of nitrogens with zero attached hydrogens (tertiary/aromatic N) is 5. The number of nitrogens with one attached hydrogen (secondary N) is 3. The first-order valence-electron chi connectivity index (χ1n) is 14.7. The summed E-state index contributed by atoms with van der Waals surface area (Å²) in [4.78, 5) is 12.8. The minimum Gasteiger partial charge on any atom is -0.399 e. The van der Waals surface area contributed by atoms with Gasteiger partial charge in [-0.15, -0.1) is 11.3 Å². The third-order valence-electron chi connectivity index (χ3n) is 7.31. The zero-order chi connectivity index (χ0) is 35.2. The van der Waals surface area contributed by atoms with Crippen molar-refractivity contribution in [3.05, 3.63) is 135 Å². The number of fused-ring (bicyclic) bond motifs is 2. The third kappa shape index (κ3) is 7.64. The number of halogens is 4. The molecule has 0 fully saturated rings. The Hall–Kier alpha value is -6.05. The molecule has 0 saturated heterocycles. The lowest BCUT2D eigenvalue weighted by molar-refractivity contribution is 0.628. The van der Waals surface area contributed by atoms with E-state index in [1.165, 1.54) is 36.7 Å². The van der Waals surface area contributed by atoms with E-state index in [0.29, 0.717) is 57.0 Å². The molecular weight excluding hydrogens is 699 g/mol. The summed E-state index contributed by atoms with van der Waals surface area (Å²) in [5, 5.41) is 32.8. The zero-order valence-electron chi connectivity index (χ0n) is 25.7. The van der Waals surface area contributed by atoms with Gasteiger partial charge in [0, 0.05) is 57.5 Å². The van der Waals surface area contributed by atoms with Crippen LogP contribution in [0.4, 0.5) is 42.9 Å². The molecule has 0 spiro atoms. The van der Waals surface area contributed by atoms with E-state index < -0.39 is 11.6 Å². The van der Waals surface area contributed by atoms with Gasteiger partial charge in [0.05, 0.1) is 50.1 Å². The molecule has 0 saturated carbocycles. The average Bonchev–Trinajstić information content (AvgIpc) is 3.65. The molecule has 4 aromatic carbocycles. The van der Waals surface area contributed by atoms with Crippen molar-refractivity contribution >= 4 is 90.5 Å². The molecular formula is C36H23Cl2F2N9S. The number of nitrogens with two attached hydrogens (primary N) is 1. The molecule has 0 aliphatic carbocycles. The van der Waals surface area contributed by atoms with E-state index >= 15 is 0 Å². The van der Waals surface area contributed by atoms with Gasteiger partial charge in [-0.05, 0) is 72.8 Å². The number of nitrogen functional groups attached to an aromatic ring is 1. The summed E-state index contributed by atoms with van der Waals surface area (Å²) >= 11 is 13.2. The number of rotatable bonds is 7. The van der Waals surface area contributed by atoms with Crippen LogP contribution in [0.5, 0.6) is 0 Å². The number of thiazole rings is 1. The molecule has 3 heterocycles. The molecule has 0 aliphatic heterocycles. The van der Waals surface area contributed by atoms with Crippen LogP contribution in [0.2, 0.25) is 10.0 Å². The van der Waals surface area contributed by atoms with Gasteiger partial charge in [0.25, 0.3) is 0 Å². The third-order valence-corrected chi connectivity index (χ3v) is 8.66. The van der Waals surface area contributed by atoms with Gasteiger partial charge < -0.3 is 21.7 Å². The van der Waals surface area contributed by atoms with Gasteiger partial charge in [0.15, 0.2) is 0 Å². The predicted octanol–water partition coefficient (Wildman–Crippen LogP) is 9.94. The number of anilines is 6. The van der Waals surface area contributed by atoms with Crippen LogP contribution >= 0.6 is 34.5 Å². The van der Waals surface area contributed by atoms with Crippen molar-refractivity contribution < 1.29 is 8.78 Å². The molecule has 7 rings (SSSR count). The van der Waals surface area contributed by atoms with Crippen LogP contribution in [0, 0.1) is 34.3 Å². The Labute approximate surface area is 298 Å². The van der Waals surface area contributed by atoms with Crippen LogP contribution in [0.1, 0.15) is 16.1 Å². The molecule has 0 amide bonds. The van der Waals surface area contributed by atoms with Gasteiger partial charge in [-0.2, -0.15) is 10.5 Å². The first-order valence-corrected chi connectivity index (χ1v) is 16.3. The minimum absolute atomic E-state index is 0.00128. The fraction of sp³-hybridized carbons (Fsp3) is 0.0278. The maximum Gasteiger partial charge on any atom is 0.141 e.